The molecule has 7 nitrogen and oxygen atoms in total. The van der Waals surface area contributed by atoms with Gasteiger partial charge in [0.2, 0.25) is 5.91 Å². The van der Waals surface area contributed by atoms with Crippen molar-refractivity contribution in [3.8, 4) is 0 Å². The Morgan fingerprint density at radius 2 is 2.32 bits per heavy atom. The highest BCUT2D eigenvalue weighted by Gasteiger charge is 2.41. The van der Waals surface area contributed by atoms with Crippen molar-refractivity contribution in [2.24, 2.45) is 5.41 Å². The molecule has 2 saturated heterocycles. The zero-order valence-electron chi connectivity index (χ0n) is 15.2. The van der Waals surface area contributed by atoms with Crippen LogP contribution in [0.15, 0.2) is 10.6 Å². The van der Waals surface area contributed by atoms with Gasteiger partial charge in [0.05, 0.1) is 24.3 Å². The molecule has 2 aliphatic heterocycles. The van der Waals surface area contributed by atoms with Crippen LogP contribution in [0.5, 0.6) is 0 Å². The zero-order chi connectivity index (χ0) is 17.7. The molecule has 0 spiro atoms. The van der Waals surface area contributed by atoms with Crippen LogP contribution in [0.4, 0.5) is 0 Å². The Hall–Kier alpha value is -1.44. The first-order chi connectivity index (χ1) is 12.1. The molecule has 1 amide bonds. The minimum atomic E-state index is -0.448. The second-order valence-electron chi connectivity index (χ2n) is 7.32. The van der Waals surface area contributed by atoms with Crippen LogP contribution in [0.1, 0.15) is 43.6 Å². The van der Waals surface area contributed by atoms with Gasteiger partial charge in [-0.2, -0.15) is 0 Å². The van der Waals surface area contributed by atoms with Crippen molar-refractivity contribution in [3.63, 3.8) is 0 Å². The third-order valence-electron chi connectivity index (χ3n) is 5.27. The van der Waals surface area contributed by atoms with Gasteiger partial charge in [0.15, 0.2) is 0 Å². The van der Waals surface area contributed by atoms with Crippen molar-refractivity contribution in [3.05, 3.63) is 17.5 Å². The van der Waals surface area contributed by atoms with Crippen molar-refractivity contribution >= 4 is 5.91 Å². The van der Waals surface area contributed by atoms with Gasteiger partial charge >= 0.3 is 0 Å². The van der Waals surface area contributed by atoms with E-state index in [4.69, 9.17) is 14.0 Å². The summed E-state index contributed by atoms with van der Waals surface area (Å²) in [5.74, 6) is 1.19. The summed E-state index contributed by atoms with van der Waals surface area (Å²) in [7, 11) is 1.64. The van der Waals surface area contributed by atoms with E-state index in [1.54, 1.807) is 7.11 Å². The normalized spacial score (nSPS) is 24.2. The van der Waals surface area contributed by atoms with Gasteiger partial charge in [-0.15, -0.1) is 0 Å². The second-order valence-corrected chi connectivity index (χ2v) is 7.32. The Bertz CT molecular complexity index is 562. The summed E-state index contributed by atoms with van der Waals surface area (Å²) in [5, 5.41) is 10.7. The number of nitrogens with zero attached hydrogens (tertiary/aromatic N) is 1. The summed E-state index contributed by atoms with van der Waals surface area (Å²) in [6.45, 7) is 5.63. The number of carbonyl (C=O) groups excluding carboxylic acids is 1. The molecular weight excluding hydrogens is 322 g/mol. The van der Waals surface area contributed by atoms with Crippen LogP contribution >= 0.6 is 0 Å². The van der Waals surface area contributed by atoms with Gasteiger partial charge in [-0.05, 0) is 39.3 Å². The standard InChI is InChI=1S/C18H29N3O4/c1-13(11-23-2)20-17(22)18(4-6-19-7-5-18)10-15-9-16(21-25-15)14-3-8-24-12-14/h9,13-14,19H,3-8,10-12H2,1-2H3,(H,20,22)/t13-,14-/m1/s1. The van der Waals surface area contributed by atoms with Crippen molar-refractivity contribution in [2.75, 3.05) is 40.0 Å². The number of carbonyl (C=O) groups is 1. The zero-order valence-corrected chi connectivity index (χ0v) is 15.2. The minimum Gasteiger partial charge on any atom is -0.383 e. The average Bonchev–Trinajstić information content (AvgIpc) is 3.27. The topological polar surface area (TPSA) is 85.6 Å². The fourth-order valence-corrected chi connectivity index (χ4v) is 3.76. The van der Waals surface area contributed by atoms with E-state index in [0.717, 1.165) is 50.4 Å². The van der Waals surface area contributed by atoms with Crippen LogP contribution in [-0.2, 0) is 20.7 Å². The monoisotopic (exact) mass is 351 g/mol. The Morgan fingerprint density at radius 3 is 3.00 bits per heavy atom. The van der Waals surface area contributed by atoms with Crippen LogP contribution in [0.2, 0.25) is 0 Å². The molecule has 2 fully saturated rings. The van der Waals surface area contributed by atoms with Gasteiger partial charge in [0.1, 0.15) is 5.76 Å². The molecule has 3 rings (SSSR count). The first-order valence-corrected chi connectivity index (χ1v) is 9.17. The molecule has 1 aromatic rings. The molecule has 3 heterocycles. The minimum absolute atomic E-state index is 0.00909. The van der Waals surface area contributed by atoms with E-state index in [9.17, 15) is 4.79 Å². The lowest BCUT2D eigenvalue weighted by atomic mass is 9.74. The smallest absolute Gasteiger partial charge is 0.227 e. The Morgan fingerprint density at radius 1 is 1.52 bits per heavy atom. The number of amides is 1. The maximum Gasteiger partial charge on any atom is 0.227 e. The first-order valence-electron chi connectivity index (χ1n) is 9.17. The van der Waals surface area contributed by atoms with E-state index in [0.29, 0.717) is 25.6 Å². The second kappa shape index (κ2) is 8.29. The van der Waals surface area contributed by atoms with E-state index in [-0.39, 0.29) is 11.9 Å². The molecule has 1 aromatic heterocycles. The molecule has 140 valence electrons. The van der Waals surface area contributed by atoms with Gasteiger partial charge < -0.3 is 24.6 Å². The summed E-state index contributed by atoms with van der Waals surface area (Å²) in [4.78, 5) is 13.0. The number of nitrogens with one attached hydrogen (secondary N) is 2. The predicted molar refractivity (Wildman–Crippen MR) is 92.4 cm³/mol. The van der Waals surface area contributed by atoms with E-state index >= 15 is 0 Å². The van der Waals surface area contributed by atoms with Crippen molar-refractivity contribution in [1.29, 1.82) is 0 Å². The van der Waals surface area contributed by atoms with Gasteiger partial charge in [0, 0.05) is 38.2 Å². The van der Waals surface area contributed by atoms with Crippen molar-refractivity contribution in [1.82, 2.24) is 15.8 Å². The SMILES string of the molecule is COC[C@@H](C)NC(=O)C1(Cc2cc([C@@H]3CCOC3)no2)CCNCC1. The molecule has 0 aromatic carbocycles. The molecule has 7 heteroatoms. The fourth-order valence-electron chi connectivity index (χ4n) is 3.76. The summed E-state index contributed by atoms with van der Waals surface area (Å²) >= 11 is 0. The third kappa shape index (κ3) is 4.40. The van der Waals surface area contributed by atoms with E-state index in [1.807, 2.05) is 13.0 Å². The van der Waals surface area contributed by atoms with Gasteiger partial charge in [-0.25, -0.2) is 0 Å². The highest BCUT2D eigenvalue weighted by atomic mass is 16.5. The molecule has 0 bridgehead atoms. The lowest BCUT2D eigenvalue weighted by molar-refractivity contribution is -0.133. The summed E-state index contributed by atoms with van der Waals surface area (Å²) < 4.78 is 16.1. The number of piperidine rings is 1. The lowest BCUT2D eigenvalue weighted by Crippen LogP contribution is -2.51. The predicted octanol–water partition coefficient (Wildman–Crippen LogP) is 1.24. The van der Waals surface area contributed by atoms with E-state index in [1.165, 1.54) is 0 Å². The highest BCUT2D eigenvalue weighted by molar-refractivity contribution is 5.83. The molecule has 2 aliphatic rings. The number of methoxy groups -OCH3 is 1. The van der Waals surface area contributed by atoms with Crippen LogP contribution in [0.3, 0.4) is 0 Å². The molecular formula is C18H29N3O4. The maximum absolute atomic E-state index is 13.0. The number of hydrogen-bond donors (Lipinski definition) is 2. The van der Waals surface area contributed by atoms with Gasteiger partial charge in [-0.3, -0.25) is 4.79 Å². The Balaban J connectivity index is 1.70. The van der Waals surface area contributed by atoms with Crippen LogP contribution in [-0.4, -0.2) is 57.1 Å². The van der Waals surface area contributed by atoms with Gasteiger partial charge in [-0.1, -0.05) is 5.16 Å². The van der Waals surface area contributed by atoms with Crippen LogP contribution in [0.25, 0.3) is 0 Å². The number of ether oxygens (including phenoxy) is 2. The summed E-state index contributed by atoms with van der Waals surface area (Å²) in [6.07, 6.45) is 3.15. The molecule has 0 aliphatic carbocycles. The summed E-state index contributed by atoms with van der Waals surface area (Å²) in [5.41, 5.74) is 0.501. The molecule has 2 atom stereocenters. The fraction of sp³-hybridized carbons (Fsp3) is 0.778. The Kier molecular flexibility index (Phi) is 6.09. The van der Waals surface area contributed by atoms with Crippen molar-refractivity contribution in [2.45, 2.75) is 44.6 Å². The van der Waals surface area contributed by atoms with Gasteiger partial charge in [0.25, 0.3) is 0 Å². The molecule has 2 N–H and O–H groups in total. The number of hydrogen-bond acceptors (Lipinski definition) is 6. The highest BCUT2D eigenvalue weighted by Crippen LogP contribution is 2.35. The quantitative estimate of drug-likeness (QED) is 0.769. The lowest BCUT2D eigenvalue weighted by Gasteiger charge is -2.36. The van der Waals surface area contributed by atoms with Crippen LogP contribution in [0, 0.1) is 5.41 Å². The average molecular weight is 351 g/mol. The molecule has 0 saturated carbocycles. The maximum atomic E-state index is 13.0. The number of rotatable bonds is 7. The van der Waals surface area contributed by atoms with E-state index in [2.05, 4.69) is 15.8 Å². The largest absolute Gasteiger partial charge is 0.383 e. The third-order valence-corrected chi connectivity index (χ3v) is 5.27. The Labute approximate surface area is 148 Å². The van der Waals surface area contributed by atoms with Crippen molar-refractivity contribution < 1.29 is 18.8 Å². The molecule has 0 unspecified atom stereocenters. The first kappa shape index (κ1) is 18.4. The van der Waals surface area contributed by atoms with E-state index < -0.39 is 5.41 Å². The number of aromatic nitrogens is 1. The molecule has 0 radical (unpaired) electrons. The summed E-state index contributed by atoms with van der Waals surface area (Å²) in [6, 6.07) is 2.00. The van der Waals surface area contributed by atoms with Crippen LogP contribution < -0.4 is 10.6 Å². The molecule has 25 heavy (non-hydrogen) atoms.